The number of hydrogen-bond acceptors (Lipinski definition) is 4. The molecular weight excluding hydrogens is 144 g/mol. The smallest absolute Gasteiger partial charge is 0.394 e. The lowest BCUT2D eigenvalue weighted by Crippen LogP contribution is -1.97. The van der Waals surface area contributed by atoms with E-state index >= 15 is 0 Å². The monoisotopic (exact) mass is 154 g/mol. The number of rotatable bonds is 4. The first-order chi connectivity index (χ1) is 5.36. The van der Waals surface area contributed by atoms with E-state index in [0.717, 1.165) is 0 Å². The third-order valence-electron chi connectivity index (χ3n) is 1.06. The normalized spacial score (nSPS) is 9.55. The Kier molecular flexibility index (Phi) is 2.68. The van der Waals surface area contributed by atoms with E-state index in [1.807, 2.05) is 0 Å². The molecule has 0 saturated heterocycles. The van der Waals surface area contributed by atoms with E-state index in [4.69, 9.17) is 14.9 Å². The fourth-order valence-electron chi connectivity index (χ4n) is 0.579. The van der Waals surface area contributed by atoms with Gasteiger partial charge in [-0.05, 0) is 0 Å². The summed E-state index contributed by atoms with van der Waals surface area (Å²) in [5.74, 6) is 0. The molecule has 0 aliphatic heterocycles. The summed E-state index contributed by atoms with van der Waals surface area (Å²) in [6, 6.07) is 0. The minimum atomic E-state index is 0.241. The summed E-state index contributed by atoms with van der Waals surface area (Å²) in [5, 5.41) is 0. The minimum absolute atomic E-state index is 0.241. The molecule has 0 spiro atoms. The Balaban J connectivity index is 2.50. The van der Waals surface area contributed by atoms with Crippen LogP contribution in [0.2, 0.25) is 0 Å². The fourth-order valence-corrected chi connectivity index (χ4v) is 0.579. The van der Waals surface area contributed by atoms with E-state index in [1.54, 1.807) is 6.08 Å². The average Bonchev–Trinajstić information content (AvgIpc) is 2.48. The first-order valence-corrected chi connectivity index (χ1v) is 3.25. The van der Waals surface area contributed by atoms with E-state index in [2.05, 4.69) is 11.6 Å². The van der Waals surface area contributed by atoms with Crippen LogP contribution in [0.4, 0.5) is 0 Å². The predicted octanol–water partition coefficient (Wildman–Crippen LogP) is 0.698. The van der Waals surface area contributed by atoms with Crippen LogP contribution in [0.25, 0.3) is 0 Å². The van der Waals surface area contributed by atoms with Crippen molar-refractivity contribution in [2.75, 3.05) is 6.61 Å². The highest BCUT2D eigenvalue weighted by Gasteiger charge is 2.00. The lowest BCUT2D eigenvalue weighted by atomic mass is 10.5. The van der Waals surface area contributed by atoms with E-state index in [9.17, 15) is 0 Å². The maximum absolute atomic E-state index is 5.29. The molecule has 0 aliphatic carbocycles. The van der Waals surface area contributed by atoms with Gasteiger partial charge in [-0.15, -0.1) is 0 Å². The van der Waals surface area contributed by atoms with Crippen molar-refractivity contribution in [3.05, 3.63) is 24.6 Å². The van der Waals surface area contributed by atoms with Crippen LogP contribution in [0.1, 0.15) is 5.69 Å². The summed E-state index contributed by atoms with van der Waals surface area (Å²) < 4.78 is 9.88. The Morgan fingerprint density at radius 1 is 1.82 bits per heavy atom. The molecular formula is C7H10N2O2. The molecule has 0 aromatic carbocycles. The van der Waals surface area contributed by atoms with Gasteiger partial charge in [0.1, 0.15) is 12.9 Å². The highest BCUT2D eigenvalue weighted by molar-refractivity contribution is 4.99. The van der Waals surface area contributed by atoms with Crippen LogP contribution in [-0.2, 0) is 6.54 Å². The average molecular weight is 154 g/mol. The van der Waals surface area contributed by atoms with Gasteiger partial charge in [0, 0.05) is 6.54 Å². The van der Waals surface area contributed by atoms with Crippen molar-refractivity contribution in [2.24, 2.45) is 5.73 Å². The number of ether oxygens (including phenoxy) is 1. The van der Waals surface area contributed by atoms with Crippen molar-refractivity contribution in [1.82, 2.24) is 4.98 Å². The third kappa shape index (κ3) is 2.09. The molecule has 60 valence electrons. The molecule has 0 aliphatic rings. The molecule has 4 nitrogen and oxygen atoms in total. The second-order valence-corrected chi connectivity index (χ2v) is 1.91. The SMILES string of the molecule is C=CCOc1nc(CN)co1. The van der Waals surface area contributed by atoms with E-state index in [-0.39, 0.29) is 6.08 Å². The molecule has 1 aromatic heterocycles. The van der Waals surface area contributed by atoms with Crippen LogP contribution in [0.3, 0.4) is 0 Å². The molecule has 0 amide bonds. The standard InChI is InChI=1S/C7H10N2O2/c1-2-3-10-7-9-6(4-8)5-11-7/h2,5H,1,3-4,8H2. The highest BCUT2D eigenvalue weighted by Crippen LogP contribution is 2.08. The van der Waals surface area contributed by atoms with Gasteiger partial charge in [-0.25, -0.2) is 0 Å². The summed E-state index contributed by atoms with van der Waals surface area (Å²) in [6.07, 6.45) is 3.33. The summed E-state index contributed by atoms with van der Waals surface area (Å²) in [6.45, 7) is 4.24. The topological polar surface area (TPSA) is 61.3 Å². The van der Waals surface area contributed by atoms with E-state index < -0.39 is 0 Å². The van der Waals surface area contributed by atoms with Gasteiger partial charge < -0.3 is 14.9 Å². The zero-order valence-electron chi connectivity index (χ0n) is 6.12. The molecule has 1 rings (SSSR count). The fraction of sp³-hybridized carbons (Fsp3) is 0.286. The van der Waals surface area contributed by atoms with Gasteiger partial charge in [0.15, 0.2) is 0 Å². The molecule has 2 N–H and O–H groups in total. The highest BCUT2D eigenvalue weighted by atomic mass is 16.6. The van der Waals surface area contributed by atoms with Gasteiger partial charge in [-0.1, -0.05) is 12.7 Å². The lowest BCUT2D eigenvalue weighted by molar-refractivity contribution is 0.258. The predicted molar refractivity (Wildman–Crippen MR) is 40.1 cm³/mol. The number of oxazole rings is 1. The second-order valence-electron chi connectivity index (χ2n) is 1.91. The second kappa shape index (κ2) is 3.78. The maximum Gasteiger partial charge on any atom is 0.394 e. The molecule has 0 saturated carbocycles. The number of nitrogens with two attached hydrogens (primary N) is 1. The number of hydrogen-bond donors (Lipinski definition) is 1. The number of aromatic nitrogens is 1. The van der Waals surface area contributed by atoms with Crippen molar-refractivity contribution < 1.29 is 9.15 Å². The molecule has 4 heteroatoms. The summed E-state index contributed by atoms with van der Waals surface area (Å²) in [4.78, 5) is 3.90. The number of nitrogens with zero attached hydrogens (tertiary/aromatic N) is 1. The van der Waals surface area contributed by atoms with E-state index in [1.165, 1.54) is 6.26 Å². The molecule has 1 aromatic rings. The van der Waals surface area contributed by atoms with Crippen molar-refractivity contribution in [1.29, 1.82) is 0 Å². The van der Waals surface area contributed by atoms with Gasteiger partial charge in [0.05, 0.1) is 5.69 Å². The lowest BCUT2D eigenvalue weighted by Gasteiger charge is -1.92. The van der Waals surface area contributed by atoms with Gasteiger partial charge in [0.25, 0.3) is 0 Å². The Hall–Kier alpha value is -1.29. The molecule has 1 heterocycles. The summed E-state index contributed by atoms with van der Waals surface area (Å²) >= 11 is 0. The molecule has 0 atom stereocenters. The van der Waals surface area contributed by atoms with Gasteiger partial charge in [0.2, 0.25) is 0 Å². The molecule has 0 fully saturated rings. The summed E-state index contributed by atoms with van der Waals surface area (Å²) in [5.41, 5.74) is 5.98. The van der Waals surface area contributed by atoms with Crippen molar-refractivity contribution >= 4 is 0 Å². The van der Waals surface area contributed by atoms with Crippen LogP contribution < -0.4 is 10.5 Å². The quantitative estimate of drug-likeness (QED) is 0.648. The van der Waals surface area contributed by atoms with Crippen LogP contribution in [-0.4, -0.2) is 11.6 Å². The molecule has 11 heavy (non-hydrogen) atoms. The van der Waals surface area contributed by atoms with Crippen molar-refractivity contribution in [3.63, 3.8) is 0 Å². The zero-order valence-corrected chi connectivity index (χ0v) is 6.12. The molecule has 0 radical (unpaired) electrons. The van der Waals surface area contributed by atoms with Gasteiger partial charge >= 0.3 is 6.08 Å². The van der Waals surface area contributed by atoms with Crippen molar-refractivity contribution in [3.8, 4) is 6.08 Å². The van der Waals surface area contributed by atoms with Gasteiger partial charge in [-0.2, -0.15) is 4.98 Å². The van der Waals surface area contributed by atoms with Crippen LogP contribution in [0, 0.1) is 0 Å². The molecule has 0 bridgehead atoms. The Labute approximate surface area is 64.7 Å². The third-order valence-corrected chi connectivity index (χ3v) is 1.06. The Morgan fingerprint density at radius 3 is 3.18 bits per heavy atom. The Morgan fingerprint density at radius 2 is 2.64 bits per heavy atom. The van der Waals surface area contributed by atoms with E-state index in [0.29, 0.717) is 18.8 Å². The van der Waals surface area contributed by atoms with Gasteiger partial charge in [-0.3, -0.25) is 0 Å². The first kappa shape index (κ1) is 7.81. The van der Waals surface area contributed by atoms with Crippen molar-refractivity contribution in [2.45, 2.75) is 6.54 Å². The maximum atomic E-state index is 5.29. The summed E-state index contributed by atoms with van der Waals surface area (Å²) in [7, 11) is 0. The van der Waals surface area contributed by atoms with Crippen LogP contribution in [0.15, 0.2) is 23.3 Å². The van der Waals surface area contributed by atoms with Crippen LogP contribution in [0.5, 0.6) is 6.08 Å². The molecule has 0 unspecified atom stereocenters. The minimum Gasteiger partial charge on any atom is -0.446 e. The zero-order chi connectivity index (χ0) is 8.10. The first-order valence-electron chi connectivity index (χ1n) is 3.25. The Bertz CT molecular complexity index is 232. The van der Waals surface area contributed by atoms with Crippen LogP contribution >= 0.6 is 0 Å². The largest absolute Gasteiger partial charge is 0.446 e.